The number of benzene rings is 1. The number of sulfonamides is 1. The van der Waals surface area contributed by atoms with E-state index in [0.717, 1.165) is 45.0 Å². The highest BCUT2D eigenvalue weighted by Crippen LogP contribution is 2.34. The number of anilines is 2. The van der Waals surface area contributed by atoms with Crippen molar-refractivity contribution in [2.24, 2.45) is 0 Å². The fourth-order valence-corrected chi connectivity index (χ4v) is 5.11. The van der Waals surface area contributed by atoms with Crippen molar-refractivity contribution in [3.8, 4) is 22.9 Å². The minimum atomic E-state index is -4.66. The maximum atomic E-state index is 14.8. The Balaban J connectivity index is 1.55. The van der Waals surface area contributed by atoms with Gasteiger partial charge in [0.15, 0.2) is 11.6 Å². The molecule has 0 bridgehead atoms. The van der Waals surface area contributed by atoms with Gasteiger partial charge < -0.3 is 15.4 Å². The van der Waals surface area contributed by atoms with Gasteiger partial charge >= 0.3 is 0 Å². The van der Waals surface area contributed by atoms with E-state index in [1.54, 1.807) is 29.1 Å². The molecule has 14 heteroatoms. The summed E-state index contributed by atoms with van der Waals surface area (Å²) >= 11 is 0. The molecule has 1 fully saturated rings. The molecule has 0 radical (unpaired) electrons. The molecule has 1 unspecified atom stereocenters. The van der Waals surface area contributed by atoms with Crippen LogP contribution in [-0.2, 0) is 10.0 Å². The standard InChI is InChI=1S/C24H26F4N6O3S/c1-2-24(27,28)14-38(35,36)34-18-7-8-19(21(26)20(18)25)37-22-16(6-4-11-30-22)17-9-12-31-23(33-17)32-15-5-3-10-29-13-15/h4,6-9,11-12,15,29,34H,2-3,5,10,13-14H2,1H3,(H,31,32,33). The monoisotopic (exact) mass is 554 g/mol. The van der Waals surface area contributed by atoms with Crippen LogP contribution in [0.15, 0.2) is 42.7 Å². The lowest BCUT2D eigenvalue weighted by atomic mass is 10.1. The van der Waals surface area contributed by atoms with Crippen LogP contribution in [0.4, 0.5) is 29.2 Å². The molecular formula is C24H26F4N6O3S. The largest absolute Gasteiger partial charge is 0.435 e. The van der Waals surface area contributed by atoms with Crippen LogP contribution in [0.2, 0.25) is 0 Å². The molecule has 0 saturated carbocycles. The summed E-state index contributed by atoms with van der Waals surface area (Å²) in [6.07, 6.45) is 4.18. The molecule has 1 aromatic carbocycles. The van der Waals surface area contributed by atoms with Crippen LogP contribution < -0.4 is 20.1 Å². The normalized spacial score (nSPS) is 16.2. The predicted octanol–water partition coefficient (Wildman–Crippen LogP) is 4.56. The summed E-state index contributed by atoms with van der Waals surface area (Å²) in [6, 6.07) is 6.85. The Morgan fingerprint density at radius 3 is 2.68 bits per heavy atom. The molecule has 2 aromatic heterocycles. The van der Waals surface area contributed by atoms with Gasteiger partial charge in [-0.2, -0.15) is 4.39 Å². The molecule has 38 heavy (non-hydrogen) atoms. The van der Waals surface area contributed by atoms with E-state index in [4.69, 9.17) is 4.74 Å². The Kier molecular flexibility index (Phi) is 8.31. The van der Waals surface area contributed by atoms with Crippen LogP contribution in [-0.4, -0.2) is 54.2 Å². The Morgan fingerprint density at radius 2 is 1.95 bits per heavy atom. The average Bonchev–Trinajstić information content (AvgIpc) is 2.89. The smallest absolute Gasteiger partial charge is 0.263 e. The lowest BCUT2D eigenvalue weighted by Gasteiger charge is -2.23. The molecule has 0 amide bonds. The third-order valence-corrected chi connectivity index (χ3v) is 7.10. The van der Waals surface area contributed by atoms with Crippen molar-refractivity contribution in [3.05, 3.63) is 54.4 Å². The second kappa shape index (κ2) is 11.5. The number of hydrogen-bond donors (Lipinski definition) is 3. The third kappa shape index (κ3) is 6.86. The number of alkyl halides is 2. The summed E-state index contributed by atoms with van der Waals surface area (Å²) in [5.74, 6) is -8.54. The van der Waals surface area contributed by atoms with E-state index in [1.165, 1.54) is 6.20 Å². The minimum Gasteiger partial charge on any atom is -0.435 e. The highest BCUT2D eigenvalue weighted by atomic mass is 32.2. The Hall–Kier alpha value is -3.52. The van der Waals surface area contributed by atoms with Gasteiger partial charge in [0.05, 0.1) is 16.9 Å². The molecule has 9 nitrogen and oxygen atoms in total. The number of pyridine rings is 1. The van der Waals surface area contributed by atoms with Crippen LogP contribution >= 0.6 is 0 Å². The zero-order valence-electron chi connectivity index (χ0n) is 20.3. The van der Waals surface area contributed by atoms with Crippen LogP contribution in [0.25, 0.3) is 11.3 Å². The van der Waals surface area contributed by atoms with E-state index in [2.05, 4.69) is 25.6 Å². The molecule has 1 atom stereocenters. The molecule has 1 aliphatic heterocycles. The SMILES string of the molecule is CCC(F)(F)CS(=O)(=O)Nc1ccc(Oc2ncccc2-c2ccnc(NC3CCCNC3)n2)c(F)c1F. The predicted molar refractivity (Wildman–Crippen MR) is 134 cm³/mol. The van der Waals surface area contributed by atoms with Crippen molar-refractivity contribution < 1.29 is 30.7 Å². The van der Waals surface area contributed by atoms with Gasteiger partial charge in [-0.15, -0.1) is 0 Å². The number of piperidine rings is 1. The molecule has 4 rings (SSSR count). The van der Waals surface area contributed by atoms with Crippen molar-refractivity contribution in [2.45, 2.75) is 38.2 Å². The highest BCUT2D eigenvalue weighted by Gasteiger charge is 2.34. The fourth-order valence-electron chi connectivity index (χ4n) is 3.78. The highest BCUT2D eigenvalue weighted by molar-refractivity contribution is 7.92. The van der Waals surface area contributed by atoms with Crippen molar-refractivity contribution in [1.82, 2.24) is 20.3 Å². The van der Waals surface area contributed by atoms with E-state index in [1.807, 2.05) is 0 Å². The topological polar surface area (TPSA) is 118 Å². The summed E-state index contributed by atoms with van der Waals surface area (Å²) in [5, 5.41) is 6.55. The molecule has 204 valence electrons. The van der Waals surface area contributed by atoms with E-state index in [-0.39, 0.29) is 11.9 Å². The van der Waals surface area contributed by atoms with Gasteiger partial charge in [-0.25, -0.2) is 36.5 Å². The quantitative estimate of drug-likeness (QED) is 0.312. The molecule has 0 aliphatic carbocycles. The maximum Gasteiger partial charge on any atom is 0.263 e. The Morgan fingerprint density at radius 1 is 1.13 bits per heavy atom. The molecule has 3 aromatic rings. The molecule has 0 spiro atoms. The number of rotatable bonds is 10. The number of aromatic nitrogens is 3. The number of hydrogen-bond acceptors (Lipinski definition) is 8. The van der Waals surface area contributed by atoms with Gasteiger partial charge in [-0.1, -0.05) is 6.92 Å². The van der Waals surface area contributed by atoms with Gasteiger partial charge in [-0.3, -0.25) is 4.72 Å². The summed E-state index contributed by atoms with van der Waals surface area (Å²) in [4.78, 5) is 12.8. The first kappa shape index (κ1) is 27.5. The summed E-state index contributed by atoms with van der Waals surface area (Å²) in [5.41, 5.74) is -0.0469. The van der Waals surface area contributed by atoms with Gasteiger partial charge in [-0.05, 0) is 49.7 Å². The number of halogens is 4. The maximum absolute atomic E-state index is 14.8. The van der Waals surface area contributed by atoms with Gasteiger partial charge in [0, 0.05) is 31.4 Å². The number of ether oxygens (including phenoxy) is 1. The third-order valence-electron chi connectivity index (χ3n) is 5.77. The Bertz CT molecular complexity index is 1390. The molecule has 3 heterocycles. The van der Waals surface area contributed by atoms with E-state index < -0.39 is 51.2 Å². The molecule has 3 N–H and O–H groups in total. The summed E-state index contributed by atoms with van der Waals surface area (Å²) in [6.45, 7) is 2.84. The van der Waals surface area contributed by atoms with E-state index >= 15 is 0 Å². The van der Waals surface area contributed by atoms with Crippen molar-refractivity contribution in [1.29, 1.82) is 0 Å². The van der Waals surface area contributed by atoms with E-state index in [9.17, 15) is 26.0 Å². The van der Waals surface area contributed by atoms with Crippen molar-refractivity contribution in [3.63, 3.8) is 0 Å². The van der Waals surface area contributed by atoms with Gasteiger partial charge in [0.1, 0.15) is 5.75 Å². The number of nitrogens with zero attached hydrogens (tertiary/aromatic N) is 3. The molecule has 1 aliphatic rings. The van der Waals surface area contributed by atoms with Gasteiger partial charge in [0.2, 0.25) is 27.7 Å². The zero-order valence-corrected chi connectivity index (χ0v) is 21.2. The van der Waals surface area contributed by atoms with Gasteiger partial charge in [0.25, 0.3) is 5.92 Å². The Labute approximate surface area is 217 Å². The lowest BCUT2D eigenvalue weighted by Crippen LogP contribution is -2.38. The summed E-state index contributed by atoms with van der Waals surface area (Å²) < 4.78 is 87.8. The molecular weight excluding hydrogens is 528 g/mol. The van der Waals surface area contributed by atoms with Crippen LogP contribution in [0.3, 0.4) is 0 Å². The second-order valence-corrected chi connectivity index (χ2v) is 10.4. The average molecular weight is 555 g/mol. The lowest BCUT2D eigenvalue weighted by molar-refractivity contribution is 0.0219. The number of nitrogens with one attached hydrogen (secondary N) is 3. The second-order valence-electron chi connectivity index (χ2n) is 8.72. The summed E-state index contributed by atoms with van der Waals surface area (Å²) in [7, 11) is -4.66. The van der Waals surface area contributed by atoms with Crippen molar-refractivity contribution >= 4 is 21.7 Å². The van der Waals surface area contributed by atoms with Crippen LogP contribution in [0, 0.1) is 11.6 Å². The molecule has 1 saturated heterocycles. The first-order chi connectivity index (χ1) is 18.1. The first-order valence-electron chi connectivity index (χ1n) is 11.9. The van der Waals surface area contributed by atoms with E-state index in [0.29, 0.717) is 17.2 Å². The van der Waals surface area contributed by atoms with Crippen LogP contribution in [0.5, 0.6) is 11.6 Å². The minimum absolute atomic E-state index is 0.0919. The van der Waals surface area contributed by atoms with Crippen LogP contribution in [0.1, 0.15) is 26.2 Å². The first-order valence-corrected chi connectivity index (χ1v) is 13.5. The fraction of sp³-hybridized carbons (Fsp3) is 0.375. The van der Waals surface area contributed by atoms with Crippen molar-refractivity contribution in [2.75, 3.05) is 28.9 Å². The zero-order chi connectivity index (χ0) is 27.3.